The molecule has 8 nitrogen and oxygen atoms in total. The summed E-state index contributed by atoms with van der Waals surface area (Å²) in [5.74, 6) is 0. The van der Waals surface area contributed by atoms with Crippen LogP contribution < -0.4 is 4.90 Å². The number of halogens is 1. The molecule has 45 heavy (non-hydrogen) atoms. The fraction of sp³-hybridized carbons (Fsp3) is 0.382. The summed E-state index contributed by atoms with van der Waals surface area (Å²) in [6.45, 7) is 13.6. The Hall–Kier alpha value is -3.02. The van der Waals surface area contributed by atoms with Crippen LogP contribution in [0.3, 0.4) is 0 Å². The van der Waals surface area contributed by atoms with Crippen LogP contribution in [0.4, 0.5) is 11.4 Å². The van der Waals surface area contributed by atoms with Crippen molar-refractivity contribution in [3.8, 4) is 0 Å². The smallest absolute Gasteiger partial charge is 0.294 e. The second-order valence-corrected chi connectivity index (χ2v) is 15.9. The topological polar surface area (TPSA) is 115 Å². The maximum Gasteiger partial charge on any atom is 0.294 e. The van der Waals surface area contributed by atoms with E-state index in [0.717, 1.165) is 64.3 Å². The molecule has 3 aliphatic rings. The van der Waals surface area contributed by atoms with Gasteiger partial charge in [0.25, 0.3) is 20.2 Å². The lowest BCUT2D eigenvalue weighted by Crippen LogP contribution is -2.27. The van der Waals surface area contributed by atoms with E-state index in [1.54, 1.807) is 24.3 Å². The highest BCUT2D eigenvalue weighted by molar-refractivity contribution is 7.86. The minimum Gasteiger partial charge on any atom is -0.344 e. The summed E-state index contributed by atoms with van der Waals surface area (Å²) in [5, 5.41) is 0.699. The van der Waals surface area contributed by atoms with Gasteiger partial charge in [-0.15, -0.1) is 0 Å². The molecule has 2 heterocycles. The quantitative estimate of drug-likeness (QED) is 0.232. The van der Waals surface area contributed by atoms with Gasteiger partial charge in [-0.05, 0) is 100 Å². The van der Waals surface area contributed by atoms with E-state index in [-0.39, 0.29) is 9.79 Å². The SMILES string of the molecule is CCN1C(=CC=C2CCCC(C=CC3=[N+](CC)c4ccc(S(=O)(=O)O)cc4C3(C)C)=C2Cl)C(C)(C)c2cc(S(=O)(=O)O)ccc21. The van der Waals surface area contributed by atoms with Crippen molar-refractivity contribution < 1.29 is 30.5 Å². The van der Waals surface area contributed by atoms with E-state index < -0.39 is 31.1 Å². The van der Waals surface area contributed by atoms with Gasteiger partial charge in [0, 0.05) is 46.1 Å². The molecule has 0 fully saturated rings. The van der Waals surface area contributed by atoms with Gasteiger partial charge in [0.05, 0.1) is 15.2 Å². The Morgan fingerprint density at radius 1 is 0.867 bits per heavy atom. The van der Waals surface area contributed by atoms with E-state index >= 15 is 0 Å². The summed E-state index contributed by atoms with van der Waals surface area (Å²) in [6, 6.07) is 9.48. The monoisotopic (exact) mass is 671 g/mol. The van der Waals surface area contributed by atoms with Gasteiger partial charge in [0.1, 0.15) is 6.54 Å². The van der Waals surface area contributed by atoms with E-state index in [0.29, 0.717) is 18.1 Å². The van der Waals surface area contributed by atoms with Gasteiger partial charge >= 0.3 is 0 Å². The molecule has 0 aromatic heterocycles. The molecular weight excluding hydrogens is 632 g/mol. The molecule has 0 unspecified atom stereocenters. The maximum atomic E-state index is 11.8. The van der Waals surface area contributed by atoms with Gasteiger partial charge < -0.3 is 4.90 Å². The summed E-state index contributed by atoms with van der Waals surface area (Å²) in [4.78, 5) is 1.92. The Kier molecular flexibility index (Phi) is 8.63. The normalized spacial score (nSPS) is 21.4. The van der Waals surface area contributed by atoms with Crippen molar-refractivity contribution in [1.82, 2.24) is 0 Å². The molecule has 2 N–H and O–H groups in total. The van der Waals surface area contributed by atoms with E-state index in [2.05, 4.69) is 33.8 Å². The number of likely N-dealkylation sites (N-methyl/N-ethyl adjacent to an activating group) is 1. The summed E-state index contributed by atoms with van der Waals surface area (Å²) in [7, 11) is -8.65. The minimum atomic E-state index is -4.33. The fourth-order valence-electron chi connectivity index (χ4n) is 6.88. The number of hydrogen-bond acceptors (Lipinski definition) is 5. The zero-order valence-electron chi connectivity index (χ0n) is 26.4. The van der Waals surface area contributed by atoms with E-state index in [1.807, 2.05) is 41.5 Å². The highest BCUT2D eigenvalue weighted by atomic mass is 35.5. The van der Waals surface area contributed by atoms with Gasteiger partial charge in [-0.25, -0.2) is 0 Å². The van der Waals surface area contributed by atoms with Crippen molar-refractivity contribution in [3.63, 3.8) is 0 Å². The van der Waals surface area contributed by atoms with Crippen molar-refractivity contribution in [2.24, 2.45) is 0 Å². The Balaban J connectivity index is 1.50. The third-order valence-corrected chi connectivity index (χ3v) is 11.5. The molecule has 0 radical (unpaired) electrons. The number of rotatable bonds is 7. The first kappa shape index (κ1) is 33.3. The third-order valence-electron chi connectivity index (χ3n) is 9.30. The van der Waals surface area contributed by atoms with Gasteiger partial charge in [-0.1, -0.05) is 37.6 Å². The molecule has 240 valence electrons. The molecule has 0 amide bonds. The molecule has 2 aliphatic heterocycles. The lowest BCUT2D eigenvalue weighted by atomic mass is 9.81. The van der Waals surface area contributed by atoms with Gasteiger partial charge in [-0.2, -0.15) is 21.4 Å². The van der Waals surface area contributed by atoms with Crippen molar-refractivity contribution in [2.75, 3.05) is 18.0 Å². The van der Waals surface area contributed by atoms with Crippen LogP contribution in [0.2, 0.25) is 0 Å². The number of nitrogens with zero attached hydrogens (tertiary/aromatic N) is 2. The fourth-order valence-corrected chi connectivity index (χ4v) is 8.21. The molecule has 1 aliphatic carbocycles. The predicted molar refractivity (Wildman–Crippen MR) is 179 cm³/mol. The van der Waals surface area contributed by atoms with Gasteiger partial charge in [-0.3, -0.25) is 9.11 Å². The molecule has 0 saturated heterocycles. The van der Waals surface area contributed by atoms with Crippen LogP contribution in [-0.2, 0) is 31.1 Å². The van der Waals surface area contributed by atoms with Crippen LogP contribution in [0.1, 0.15) is 71.9 Å². The van der Waals surface area contributed by atoms with Gasteiger partial charge in [0.2, 0.25) is 5.69 Å². The highest BCUT2D eigenvalue weighted by Crippen LogP contribution is 2.48. The highest BCUT2D eigenvalue weighted by Gasteiger charge is 2.44. The second-order valence-electron chi connectivity index (χ2n) is 12.7. The van der Waals surface area contributed by atoms with E-state index in [4.69, 9.17) is 11.6 Å². The van der Waals surface area contributed by atoms with Gasteiger partial charge in [0.15, 0.2) is 5.71 Å². The number of hydrogen-bond donors (Lipinski definition) is 2. The van der Waals surface area contributed by atoms with Crippen molar-refractivity contribution in [2.45, 2.75) is 81.4 Å². The molecule has 0 atom stereocenters. The zero-order chi connectivity index (χ0) is 33.1. The number of benzene rings is 2. The molecule has 0 spiro atoms. The second kappa shape index (κ2) is 11.7. The largest absolute Gasteiger partial charge is 0.344 e. The predicted octanol–water partition coefficient (Wildman–Crippen LogP) is 7.44. The van der Waals surface area contributed by atoms with Crippen LogP contribution in [0.25, 0.3) is 0 Å². The standard InChI is InChI=1S/C34H39ClN2O6S2/c1-7-36-28-16-14-24(44(38,39)40)20-26(28)33(3,4)30(36)18-12-22-10-9-11-23(32(22)35)13-19-31-34(5,6)27-21-25(45(41,42)43)15-17-29(27)37(31)8-2/h12-21H,7-11H2,1-6H3,(H-,38,39,40,41,42,43)/p+1. The van der Waals surface area contributed by atoms with Crippen molar-refractivity contribution in [3.05, 3.63) is 93.7 Å². The molecule has 0 bridgehead atoms. The van der Waals surface area contributed by atoms with Crippen molar-refractivity contribution in [1.29, 1.82) is 0 Å². The Bertz CT molecular complexity index is 1970. The van der Waals surface area contributed by atoms with Crippen LogP contribution in [0.5, 0.6) is 0 Å². The summed E-state index contributed by atoms with van der Waals surface area (Å²) in [5.41, 5.74) is 6.53. The minimum absolute atomic E-state index is 0.119. The Labute approximate surface area is 271 Å². The van der Waals surface area contributed by atoms with Crippen LogP contribution in [0.15, 0.2) is 92.4 Å². The molecule has 5 rings (SSSR count). The first-order valence-corrected chi connectivity index (χ1v) is 18.3. The van der Waals surface area contributed by atoms with Crippen LogP contribution in [0, 0.1) is 0 Å². The average Bonchev–Trinajstić information content (AvgIpc) is 3.32. The Morgan fingerprint density at radius 2 is 1.49 bits per heavy atom. The molecule has 0 saturated carbocycles. The first-order chi connectivity index (χ1) is 20.9. The lowest BCUT2D eigenvalue weighted by Gasteiger charge is -2.26. The maximum absolute atomic E-state index is 11.8. The first-order valence-electron chi connectivity index (χ1n) is 15.1. The number of fused-ring (bicyclic) bond motifs is 2. The molecular formula is C34H40ClN2O6S2+. The zero-order valence-corrected chi connectivity index (χ0v) is 28.8. The van der Waals surface area contributed by atoms with Crippen LogP contribution >= 0.6 is 11.6 Å². The molecule has 11 heteroatoms. The van der Waals surface area contributed by atoms with Crippen molar-refractivity contribution >= 4 is 48.9 Å². The summed E-state index contributed by atoms with van der Waals surface area (Å²) < 4.78 is 68.8. The third kappa shape index (κ3) is 5.87. The van der Waals surface area contributed by atoms with Crippen LogP contribution in [-0.4, -0.2) is 49.3 Å². The lowest BCUT2D eigenvalue weighted by molar-refractivity contribution is -0.433. The number of anilines is 1. The molecule has 2 aromatic carbocycles. The summed E-state index contributed by atoms with van der Waals surface area (Å²) in [6.07, 6.45) is 10.8. The average molecular weight is 672 g/mol. The van der Waals surface area contributed by atoms with E-state index in [1.165, 1.54) is 12.1 Å². The number of allylic oxidation sites excluding steroid dienone is 8. The summed E-state index contributed by atoms with van der Waals surface area (Å²) >= 11 is 7.03. The van der Waals surface area contributed by atoms with E-state index in [9.17, 15) is 25.9 Å². The Morgan fingerprint density at radius 3 is 2.09 bits per heavy atom. The molecule has 2 aromatic rings.